The largest absolute Gasteiger partial charge is 0.354 e. The van der Waals surface area contributed by atoms with Crippen molar-refractivity contribution in [3.05, 3.63) is 10.5 Å². The molecule has 86 valence electrons. The van der Waals surface area contributed by atoms with Gasteiger partial charge in [0.2, 0.25) is 5.95 Å². The van der Waals surface area contributed by atoms with E-state index in [-0.39, 0.29) is 11.2 Å². The van der Waals surface area contributed by atoms with Gasteiger partial charge in [-0.2, -0.15) is 0 Å². The molecule has 0 bridgehead atoms. The Hall–Kier alpha value is -1.26. The molecule has 0 atom stereocenters. The molecule has 0 aromatic carbocycles. The molecule has 1 heterocycles. The first kappa shape index (κ1) is 11.8. The number of hydrogen-bond donors (Lipinski definition) is 1. The van der Waals surface area contributed by atoms with E-state index in [0.717, 1.165) is 13.0 Å². The van der Waals surface area contributed by atoms with Crippen LogP contribution in [-0.4, -0.2) is 20.9 Å². The van der Waals surface area contributed by atoms with E-state index in [2.05, 4.69) is 17.3 Å². The molecule has 0 unspecified atom stereocenters. The first-order valence-electron chi connectivity index (χ1n) is 5.28. The Morgan fingerprint density at radius 1 is 1.40 bits per heavy atom. The van der Waals surface area contributed by atoms with Crippen LogP contribution in [0.4, 0.5) is 5.95 Å². The Morgan fingerprint density at radius 3 is 2.47 bits per heavy atom. The Morgan fingerprint density at radius 2 is 2.00 bits per heavy atom. The fourth-order valence-electron chi connectivity index (χ4n) is 1.42. The molecule has 0 saturated carbocycles. The fraction of sp³-hybridized carbons (Fsp3) is 0.800. The van der Waals surface area contributed by atoms with E-state index in [4.69, 9.17) is 0 Å². The second kappa shape index (κ2) is 4.08. The lowest BCUT2D eigenvalue weighted by atomic mass is 10.1. The number of nitrogens with one attached hydrogen (secondary N) is 1. The zero-order valence-electron chi connectivity index (χ0n) is 10.2. The van der Waals surface area contributed by atoms with Crippen molar-refractivity contribution >= 4 is 5.95 Å². The average molecular weight is 212 g/mol. The number of hydrogen-bond acceptors (Lipinski definition) is 3. The van der Waals surface area contributed by atoms with Gasteiger partial charge in [0, 0.05) is 19.1 Å². The zero-order valence-corrected chi connectivity index (χ0v) is 10.2. The van der Waals surface area contributed by atoms with Gasteiger partial charge in [0.15, 0.2) is 0 Å². The van der Waals surface area contributed by atoms with Crippen molar-refractivity contribution in [2.75, 3.05) is 11.9 Å². The lowest BCUT2D eigenvalue weighted by Gasteiger charge is -2.21. The third-order valence-electron chi connectivity index (χ3n) is 2.13. The normalized spacial score (nSPS) is 11.8. The van der Waals surface area contributed by atoms with Gasteiger partial charge >= 0.3 is 5.69 Å². The first-order chi connectivity index (χ1) is 6.88. The molecule has 5 nitrogen and oxygen atoms in total. The molecule has 1 N–H and O–H groups in total. The summed E-state index contributed by atoms with van der Waals surface area (Å²) in [5.74, 6) is 0.650. The SMILES string of the molecule is CCCNc1nn(C)c(=O)n1C(C)(C)C. The Balaban J connectivity index is 3.16. The topological polar surface area (TPSA) is 51.9 Å². The van der Waals surface area contributed by atoms with Crippen LogP contribution in [0.2, 0.25) is 0 Å². The van der Waals surface area contributed by atoms with Crippen molar-refractivity contribution < 1.29 is 0 Å². The summed E-state index contributed by atoms with van der Waals surface area (Å²) in [5, 5.41) is 7.33. The Bertz CT molecular complexity index is 383. The van der Waals surface area contributed by atoms with Crippen molar-refractivity contribution in [3.8, 4) is 0 Å². The minimum Gasteiger partial charge on any atom is -0.354 e. The van der Waals surface area contributed by atoms with Crippen LogP contribution >= 0.6 is 0 Å². The maximum Gasteiger partial charge on any atom is 0.347 e. The van der Waals surface area contributed by atoms with Crippen molar-refractivity contribution in [2.24, 2.45) is 7.05 Å². The third kappa shape index (κ3) is 2.40. The predicted octanol–water partition coefficient (Wildman–Crippen LogP) is 1.16. The fourth-order valence-corrected chi connectivity index (χ4v) is 1.42. The van der Waals surface area contributed by atoms with Crippen LogP contribution in [0.3, 0.4) is 0 Å². The Labute approximate surface area is 90.1 Å². The summed E-state index contributed by atoms with van der Waals surface area (Å²) in [6.45, 7) is 8.88. The summed E-state index contributed by atoms with van der Waals surface area (Å²) in [6, 6.07) is 0. The monoisotopic (exact) mass is 212 g/mol. The lowest BCUT2D eigenvalue weighted by molar-refractivity contribution is 0.385. The van der Waals surface area contributed by atoms with Gasteiger partial charge in [-0.25, -0.2) is 9.48 Å². The minimum absolute atomic E-state index is 0.0823. The molecular weight excluding hydrogens is 192 g/mol. The maximum atomic E-state index is 11.8. The summed E-state index contributed by atoms with van der Waals surface area (Å²) in [7, 11) is 1.67. The van der Waals surface area contributed by atoms with Crippen molar-refractivity contribution in [1.29, 1.82) is 0 Å². The number of rotatable bonds is 3. The van der Waals surface area contributed by atoms with Crippen LogP contribution < -0.4 is 11.0 Å². The minimum atomic E-state index is -0.249. The molecule has 0 aliphatic rings. The van der Waals surface area contributed by atoms with Crippen molar-refractivity contribution in [3.63, 3.8) is 0 Å². The van der Waals surface area contributed by atoms with Crippen LogP contribution in [0.15, 0.2) is 4.79 Å². The molecule has 0 radical (unpaired) electrons. The summed E-state index contributed by atoms with van der Waals surface area (Å²) in [5.41, 5.74) is -0.331. The second-order valence-corrected chi connectivity index (χ2v) is 4.66. The summed E-state index contributed by atoms with van der Waals surface area (Å²) >= 11 is 0. The molecule has 0 fully saturated rings. The van der Waals surface area contributed by atoms with Gasteiger partial charge in [-0.05, 0) is 27.2 Å². The first-order valence-corrected chi connectivity index (χ1v) is 5.28. The van der Waals surface area contributed by atoms with Gasteiger partial charge in [-0.1, -0.05) is 6.92 Å². The van der Waals surface area contributed by atoms with Crippen LogP contribution in [-0.2, 0) is 12.6 Å². The van der Waals surface area contributed by atoms with E-state index in [9.17, 15) is 4.79 Å². The summed E-state index contributed by atoms with van der Waals surface area (Å²) < 4.78 is 3.05. The molecule has 1 rings (SSSR count). The number of aromatic nitrogens is 3. The van der Waals surface area contributed by atoms with Gasteiger partial charge in [0.25, 0.3) is 0 Å². The highest BCUT2D eigenvalue weighted by Crippen LogP contribution is 2.15. The van der Waals surface area contributed by atoms with Crippen LogP contribution in [0, 0.1) is 0 Å². The van der Waals surface area contributed by atoms with E-state index >= 15 is 0 Å². The maximum absolute atomic E-state index is 11.8. The third-order valence-corrected chi connectivity index (χ3v) is 2.13. The molecular formula is C10H20N4O. The predicted molar refractivity (Wildman–Crippen MR) is 61.2 cm³/mol. The lowest BCUT2D eigenvalue weighted by Crippen LogP contribution is -2.35. The highest BCUT2D eigenvalue weighted by atomic mass is 16.2. The van der Waals surface area contributed by atoms with Crippen LogP contribution in [0.5, 0.6) is 0 Å². The number of aryl methyl sites for hydroxylation is 1. The van der Waals surface area contributed by atoms with E-state index in [1.165, 1.54) is 4.68 Å². The molecule has 0 saturated heterocycles. The van der Waals surface area contributed by atoms with Gasteiger partial charge in [0.05, 0.1) is 0 Å². The standard InChI is InChI=1S/C10H20N4O/c1-6-7-11-8-12-13(5)9(15)14(8)10(2,3)4/h6-7H2,1-5H3,(H,11,12). The highest BCUT2D eigenvalue weighted by molar-refractivity contribution is 5.25. The smallest absolute Gasteiger partial charge is 0.347 e. The number of anilines is 1. The van der Waals surface area contributed by atoms with Crippen molar-refractivity contribution in [2.45, 2.75) is 39.7 Å². The molecule has 0 amide bonds. The average Bonchev–Trinajstić information content (AvgIpc) is 2.38. The van der Waals surface area contributed by atoms with E-state index in [1.807, 2.05) is 20.8 Å². The number of nitrogens with zero attached hydrogens (tertiary/aromatic N) is 3. The van der Waals surface area contributed by atoms with E-state index in [0.29, 0.717) is 5.95 Å². The molecule has 1 aromatic rings. The van der Waals surface area contributed by atoms with Gasteiger partial charge in [0.1, 0.15) is 0 Å². The molecule has 0 aliphatic heterocycles. The van der Waals surface area contributed by atoms with Gasteiger partial charge in [-0.3, -0.25) is 4.57 Å². The quantitative estimate of drug-likeness (QED) is 0.818. The molecule has 15 heavy (non-hydrogen) atoms. The summed E-state index contributed by atoms with van der Waals surface area (Å²) in [4.78, 5) is 11.8. The second-order valence-electron chi connectivity index (χ2n) is 4.66. The molecule has 1 aromatic heterocycles. The van der Waals surface area contributed by atoms with Crippen molar-refractivity contribution in [1.82, 2.24) is 14.3 Å². The van der Waals surface area contributed by atoms with Gasteiger partial charge in [-0.15, -0.1) is 5.10 Å². The Kier molecular flexibility index (Phi) is 3.21. The van der Waals surface area contributed by atoms with Crippen LogP contribution in [0.1, 0.15) is 34.1 Å². The zero-order chi connectivity index (χ0) is 11.6. The van der Waals surface area contributed by atoms with E-state index < -0.39 is 0 Å². The molecule has 5 heteroatoms. The van der Waals surface area contributed by atoms with Crippen LogP contribution in [0.25, 0.3) is 0 Å². The molecule has 0 aliphatic carbocycles. The van der Waals surface area contributed by atoms with E-state index in [1.54, 1.807) is 11.6 Å². The summed E-state index contributed by atoms with van der Waals surface area (Å²) in [6.07, 6.45) is 1.01. The molecule has 0 spiro atoms. The van der Waals surface area contributed by atoms with Gasteiger partial charge < -0.3 is 5.32 Å². The highest BCUT2D eigenvalue weighted by Gasteiger charge is 2.22.